The molecular formula is C12H13ClN2. The third-order valence-electron chi connectivity index (χ3n) is 3.22. The second-order valence-electron chi connectivity index (χ2n) is 4.14. The Balaban J connectivity index is 2.44. The van der Waals surface area contributed by atoms with Gasteiger partial charge in [-0.05, 0) is 30.5 Å². The molecule has 2 N–H and O–H groups in total. The Hall–Kier alpha value is -1.20. The predicted molar refractivity (Wildman–Crippen MR) is 61.6 cm³/mol. The summed E-state index contributed by atoms with van der Waals surface area (Å²) in [7, 11) is 0. The van der Waals surface area contributed by atoms with Gasteiger partial charge in [0.25, 0.3) is 0 Å². The second-order valence-corrected chi connectivity index (χ2v) is 4.54. The Morgan fingerprint density at radius 2 is 2.00 bits per heavy atom. The monoisotopic (exact) mass is 220 g/mol. The average molecular weight is 221 g/mol. The molecule has 78 valence electrons. The quantitative estimate of drug-likeness (QED) is 0.739. The summed E-state index contributed by atoms with van der Waals surface area (Å²) in [5, 5.41) is 9.87. The number of nitrogens with two attached hydrogens (primary N) is 1. The molecule has 0 saturated heterocycles. The molecular weight excluding hydrogens is 208 g/mol. The molecule has 0 unspecified atom stereocenters. The van der Waals surface area contributed by atoms with Crippen LogP contribution in [0.5, 0.6) is 0 Å². The first-order valence-corrected chi connectivity index (χ1v) is 5.52. The van der Waals surface area contributed by atoms with Crippen LogP contribution in [0, 0.1) is 11.3 Å². The molecule has 2 rings (SSSR count). The highest BCUT2D eigenvalue weighted by molar-refractivity contribution is 6.33. The molecule has 0 bridgehead atoms. The summed E-state index contributed by atoms with van der Waals surface area (Å²) in [6.07, 6.45) is 4.11. The van der Waals surface area contributed by atoms with Crippen molar-refractivity contribution in [2.75, 3.05) is 5.73 Å². The summed E-state index contributed by atoms with van der Waals surface area (Å²) in [4.78, 5) is 0. The molecule has 0 aliphatic heterocycles. The number of nitrogen functional groups attached to an aromatic ring is 1. The summed E-state index contributed by atoms with van der Waals surface area (Å²) in [5.74, 6) is 0. The minimum atomic E-state index is -0.321. The highest BCUT2D eigenvalue weighted by Crippen LogP contribution is 2.41. The molecule has 0 amide bonds. The Morgan fingerprint density at radius 3 is 2.53 bits per heavy atom. The van der Waals surface area contributed by atoms with E-state index in [1.54, 1.807) is 6.07 Å². The molecule has 1 fully saturated rings. The van der Waals surface area contributed by atoms with Crippen molar-refractivity contribution < 1.29 is 0 Å². The summed E-state index contributed by atoms with van der Waals surface area (Å²) in [6, 6.07) is 7.99. The van der Waals surface area contributed by atoms with Crippen LogP contribution in [0.4, 0.5) is 5.69 Å². The smallest absolute Gasteiger partial charge is 0.0823 e. The maximum Gasteiger partial charge on any atom is 0.0823 e. The van der Waals surface area contributed by atoms with Gasteiger partial charge in [-0.25, -0.2) is 0 Å². The van der Waals surface area contributed by atoms with Crippen LogP contribution in [-0.4, -0.2) is 0 Å². The van der Waals surface area contributed by atoms with Crippen LogP contribution in [0.1, 0.15) is 31.2 Å². The Bertz CT molecular complexity index is 414. The van der Waals surface area contributed by atoms with Crippen LogP contribution in [0.3, 0.4) is 0 Å². The van der Waals surface area contributed by atoms with E-state index < -0.39 is 0 Å². The fraction of sp³-hybridized carbons (Fsp3) is 0.417. The first-order chi connectivity index (χ1) is 7.18. The minimum absolute atomic E-state index is 0.321. The number of rotatable bonds is 1. The summed E-state index contributed by atoms with van der Waals surface area (Å²) < 4.78 is 0. The molecule has 0 atom stereocenters. The van der Waals surface area contributed by atoms with Crippen molar-refractivity contribution in [3.05, 3.63) is 28.8 Å². The van der Waals surface area contributed by atoms with Gasteiger partial charge in [-0.15, -0.1) is 0 Å². The first kappa shape index (κ1) is 10.3. The molecule has 0 aromatic heterocycles. The van der Waals surface area contributed by atoms with Gasteiger partial charge in [-0.3, -0.25) is 0 Å². The van der Waals surface area contributed by atoms with Gasteiger partial charge in [-0.2, -0.15) is 5.26 Å². The lowest BCUT2D eigenvalue weighted by Crippen LogP contribution is -2.19. The van der Waals surface area contributed by atoms with Gasteiger partial charge in [0.1, 0.15) is 0 Å². The van der Waals surface area contributed by atoms with E-state index in [2.05, 4.69) is 6.07 Å². The van der Waals surface area contributed by atoms with Crippen molar-refractivity contribution in [2.45, 2.75) is 31.1 Å². The number of hydrogen-bond acceptors (Lipinski definition) is 2. The van der Waals surface area contributed by atoms with Crippen molar-refractivity contribution in [3.8, 4) is 6.07 Å². The minimum Gasteiger partial charge on any atom is -0.398 e. The largest absolute Gasteiger partial charge is 0.398 e. The lowest BCUT2D eigenvalue weighted by Gasteiger charge is -2.21. The lowest BCUT2D eigenvalue weighted by molar-refractivity contribution is 0.573. The van der Waals surface area contributed by atoms with E-state index in [4.69, 9.17) is 17.3 Å². The zero-order chi connectivity index (χ0) is 10.9. The Kier molecular flexibility index (Phi) is 2.58. The number of nitrogens with zero attached hydrogens (tertiary/aromatic N) is 1. The molecule has 1 aliphatic carbocycles. The van der Waals surface area contributed by atoms with Crippen molar-refractivity contribution in [2.24, 2.45) is 0 Å². The Labute approximate surface area is 94.7 Å². The summed E-state index contributed by atoms with van der Waals surface area (Å²) in [6.45, 7) is 0. The molecule has 15 heavy (non-hydrogen) atoms. The number of nitriles is 1. The predicted octanol–water partition coefficient (Wildman–Crippen LogP) is 3.26. The van der Waals surface area contributed by atoms with Crippen LogP contribution in [0.2, 0.25) is 5.02 Å². The fourth-order valence-electron chi connectivity index (χ4n) is 2.29. The number of anilines is 1. The molecule has 2 nitrogen and oxygen atoms in total. The van der Waals surface area contributed by atoms with Crippen LogP contribution in [-0.2, 0) is 5.41 Å². The molecule has 1 aromatic rings. The van der Waals surface area contributed by atoms with Gasteiger partial charge in [0.05, 0.1) is 22.2 Å². The maximum atomic E-state index is 9.31. The normalized spacial score (nSPS) is 18.7. The van der Waals surface area contributed by atoms with Crippen molar-refractivity contribution in [1.82, 2.24) is 0 Å². The van der Waals surface area contributed by atoms with Gasteiger partial charge in [0, 0.05) is 0 Å². The average Bonchev–Trinajstić information content (AvgIpc) is 2.72. The lowest BCUT2D eigenvalue weighted by atomic mass is 9.80. The number of halogens is 1. The molecule has 1 aliphatic rings. The SMILES string of the molecule is N#CC1(c2ccc(Cl)c(N)c2)CCCC1. The summed E-state index contributed by atoms with van der Waals surface area (Å²) in [5.41, 5.74) is 7.02. The number of hydrogen-bond donors (Lipinski definition) is 1. The Morgan fingerprint density at radius 1 is 1.33 bits per heavy atom. The summed E-state index contributed by atoms with van der Waals surface area (Å²) >= 11 is 5.87. The van der Waals surface area contributed by atoms with Crippen LogP contribution in [0.15, 0.2) is 18.2 Å². The number of benzene rings is 1. The highest BCUT2D eigenvalue weighted by atomic mass is 35.5. The third-order valence-corrected chi connectivity index (χ3v) is 3.56. The van der Waals surface area contributed by atoms with E-state index in [1.807, 2.05) is 12.1 Å². The van der Waals surface area contributed by atoms with E-state index in [1.165, 1.54) is 0 Å². The van der Waals surface area contributed by atoms with Gasteiger partial charge in [0.2, 0.25) is 0 Å². The van der Waals surface area contributed by atoms with Crippen molar-refractivity contribution in [3.63, 3.8) is 0 Å². The second kappa shape index (κ2) is 3.75. The molecule has 0 heterocycles. The van der Waals surface area contributed by atoms with Crippen molar-refractivity contribution >= 4 is 17.3 Å². The van der Waals surface area contributed by atoms with Gasteiger partial charge in [-0.1, -0.05) is 30.5 Å². The zero-order valence-corrected chi connectivity index (χ0v) is 9.22. The van der Waals surface area contributed by atoms with Gasteiger partial charge >= 0.3 is 0 Å². The van der Waals surface area contributed by atoms with Gasteiger partial charge < -0.3 is 5.73 Å². The van der Waals surface area contributed by atoms with E-state index in [0.29, 0.717) is 10.7 Å². The standard InChI is InChI=1S/C12H13ClN2/c13-10-4-3-9(7-11(10)15)12(8-14)5-1-2-6-12/h3-4,7H,1-2,5-6,15H2. The third kappa shape index (κ3) is 1.68. The fourth-order valence-corrected chi connectivity index (χ4v) is 2.40. The van der Waals surface area contributed by atoms with E-state index in [0.717, 1.165) is 31.2 Å². The van der Waals surface area contributed by atoms with E-state index in [9.17, 15) is 5.26 Å². The highest BCUT2D eigenvalue weighted by Gasteiger charge is 2.35. The molecule has 1 saturated carbocycles. The van der Waals surface area contributed by atoms with Gasteiger partial charge in [0.15, 0.2) is 0 Å². The van der Waals surface area contributed by atoms with Crippen LogP contribution in [0.25, 0.3) is 0 Å². The van der Waals surface area contributed by atoms with Crippen LogP contribution < -0.4 is 5.73 Å². The molecule has 0 radical (unpaired) electrons. The first-order valence-electron chi connectivity index (χ1n) is 5.15. The van der Waals surface area contributed by atoms with E-state index >= 15 is 0 Å². The maximum absolute atomic E-state index is 9.31. The van der Waals surface area contributed by atoms with E-state index in [-0.39, 0.29) is 5.41 Å². The van der Waals surface area contributed by atoms with Crippen molar-refractivity contribution in [1.29, 1.82) is 5.26 Å². The zero-order valence-electron chi connectivity index (χ0n) is 8.46. The molecule has 1 aromatic carbocycles. The topological polar surface area (TPSA) is 49.8 Å². The molecule has 0 spiro atoms. The molecule has 3 heteroatoms. The van der Waals surface area contributed by atoms with Crippen LogP contribution >= 0.6 is 11.6 Å².